The zero-order valence-corrected chi connectivity index (χ0v) is 16.6. The molecule has 1 N–H and O–H groups in total. The fourth-order valence-corrected chi connectivity index (χ4v) is 4.20. The highest BCUT2D eigenvalue weighted by molar-refractivity contribution is 7.91. The van der Waals surface area contributed by atoms with Gasteiger partial charge in [-0.3, -0.25) is 4.98 Å². The minimum absolute atomic E-state index is 0.106. The van der Waals surface area contributed by atoms with E-state index in [4.69, 9.17) is 4.42 Å². The van der Waals surface area contributed by atoms with Crippen LogP contribution in [0.4, 0.5) is 5.88 Å². The van der Waals surface area contributed by atoms with Crippen molar-refractivity contribution >= 4 is 15.7 Å². The Morgan fingerprint density at radius 2 is 1.83 bits per heavy atom. The number of oxazole rings is 1. The average Bonchev–Trinajstić information content (AvgIpc) is 3.19. The van der Waals surface area contributed by atoms with E-state index in [-0.39, 0.29) is 21.7 Å². The van der Waals surface area contributed by atoms with Gasteiger partial charge in [-0.25, -0.2) is 8.42 Å². The van der Waals surface area contributed by atoms with Crippen LogP contribution >= 0.6 is 0 Å². The first-order chi connectivity index (χ1) is 14.0. The molecular formula is C22H19N3O3S. The van der Waals surface area contributed by atoms with Gasteiger partial charge >= 0.3 is 0 Å². The Morgan fingerprint density at radius 1 is 1.00 bits per heavy atom. The van der Waals surface area contributed by atoms with Crippen molar-refractivity contribution in [3.05, 3.63) is 90.3 Å². The normalized spacial score (nSPS) is 11.3. The molecule has 6 nitrogen and oxygen atoms in total. The van der Waals surface area contributed by atoms with E-state index in [0.717, 1.165) is 11.1 Å². The summed E-state index contributed by atoms with van der Waals surface area (Å²) >= 11 is 0. The van der Waals surface area contributed by atoms with Crippen LogP contribution in [0.2, 0.25) is 0 Å². The van der Waals surface area contributed by atoms with Gasteiger partial charge in [0.25, 0.3) is 0 Å². The van der Waals surface area contributed by atoms with E-state index in [2.05, 4.69) is 15.3 Å². The Morgan fingerprint density at radius 3 is 2.55 bits per heavy atom. The number of pyridine rings is 1. The summed E-state index contributed by atoms with van der Waals surface area (Å²) in [5.74, 6) is 0.353. The molecular weight excluding hydrogens is 386 g/mol. The number of hydrogen-bond acceptors (Lipinski definition) is 6. The van der Waals surface area contributed by atoms with Gasteiger partial charge in [0.15, 0.2) is 0 Å². The average molecular weight is 405 g/mol. The zero-order chi connectivity index (χ0) is 20.3. The first-order valence-corrected chi connectivity index (χ1v) is 10.5. The van der Waals surface area contributed by atoms with Gasteiger partial charge in [-0.15, -0.1) is 0 Å². The van der Waals surface area contributed by atoms with Crippen LogP contribution in [0.15, 0.2) is 93.5 Å². The molecule has 4 rings (SSSR count). The third-order valence-corrected chi connectivity index (χ3v) is 6.02. The number of rotatable bonds is 6. The van der Waals surface area contributed by atoms with Gasteiger partial charge in [0.1, 0.15) is 0 Å². The van der Waals surface area contributed by atoms with E-state index < -0.39 is 9.84 Å². The number of sulfone groups is 1. The summed E-state index contributed by atoms with van der Waals surface area (Å²) in [5, 5.41) is 2.93. The van der Waals surface area contributed by atoms with Crippen molar-refractivity contribution in [1.29, 1.82) is 0 Å². The molecule has 0 unspecified atom stereocenters. The molecule has 0 aliphatic rings. The molecule has 0 fully saturated rings. The molecule has 0 bridgehead atoms. The summed E-state index contributed by atoms with van der Waals surface area (Å²) in [6, 6.07) is 19.5. The van der Waals surface area contributed by atoms with Gasteiger partial charge in [-0.05, 0) is 42.8 Å². The molecule has 4 aromatic rings. The predicted octanol–water partition coefficient (Wildman–Crippen LogP) is 4.49. The van der Waals surface area contributed by atoms with Crippen LogP contribution in [0.5, 0.6) is 0 Å². The van der Waals surface area contributed by atoms with Gasteiger partial charge in [0, 0.05) is 24.5 Å². The Kier molecular flexibility index (Phi) is 5.14. The highest BCUT2D eigenvalue weighted by Gasteiger charge is 2.28. The van der Waals surface area contributed by atoms with E-state index in [1.165, 1.54) is 0 Å². The Bertz CT molecular complexity index is 1220. The lowest BCUT2D eigenvalue weighted by atomic mass is 10.1. The maximum Gasteiger partial charge on any atom is 0.234 e. The second kappa shape index (κ2) is 7.89. The van der Waals surface area contributed by atoms with Gasteiger partial charge in [0.05, 0.1) is 4.90 Å². The smallest absolute Gasteiger partial charge is 0.234 e. The molecule has 146 valence electrons. The number of nitrogens with zero attached hydrogens (tertiary/aromatic N) is 2. The van der Waals surface area contributed by atoms with Gasteiger partial charge < -0.3 is 9.73 Å². The second-order valence-corrected chi connectivity index (χ2v) is 8.42. The monoisotopic (exact) mass is 405 g/mol. The van der Waals surface area contributed by atoms with E-state index >= 15 is 0 Å². The summed E-state index contributed by atoms with van der Waals surface area (Å²) in [5.41, 5.74) is 2.63. The molecule has 2 heterocycles. The topological polar surface area (TPSA) is 85.1 Å². The quantitative estimate of drug-likeness (QED) is 0.509. The molecule has 0 aliphatic carbocycles. The van der Waals surface area contributed by atoms with Crippen molar-refractivity contribution in [2.24, 2.45) is 0 Å². The molecule has 29 heavy (non-hydrogen) atoms. The minimum Gasteiger partial charge on any atom is -0.419 e. The Balaban J connectivity index is 1.77. The van der Waals surface area contributed by atoms with Crippen molar-refractivity contribution in [3.8, 4) is 11.5 Å². The van der Waals surface area contributed by atoms with E-state index in [1.807, 2.05) is 43.3 Å². The first kappa shape index (κ1) is 18.9. The van der Waals surface area contributed by atoms with Crippen molar-refractivity contribution in [2.45, 2.75) is 23.4 Å². The molecule has 2 aromatic heterocycles. The summed E-state index contributed by atoms with van der Waals surface area (Å²) in [6.07, 6.45) is 3.38. The highest BCUT2D eigenvalue weighted by atomic mass is 32.2. The first-order valence-electron chi connectivity index (χ1n) is 9.05. The van der Waals surface area contributed by atoms with Crippen LogP contribution in [0, 0.1) is 6.92 Å². The number of hydrogen-bond donors (Lipinski definition) is 1. The number of nitrogens with one attached hydrogen (secondary N) is 1. The maximum absolute atomic E-state index is 13.2. The lowest BCUT2D eigenvalue weighted by molar-refractivity contribution is 0.576. The molecule has 0 spiro atoms. The largest absolute Gasteiger partial charge is 0.419 e. The van der Waals surface area contributed by atoms with Gasteiger partial charge in [-0.2, -0.15) is 4.98 Å². The van der Waals surface area contributed by atoms with Crippen LogP contribution in [-0.2, 0) is 16.4 Å². The molecule has 0 saturated carbocycles. The third-order valence-electron chi connectivity index (χ3n) is 4.35. The molecule has 0 amide bonds. The number of aromatic nitrogens is 2. The zero-order valence-electron chi connectivity index (χ0n) is 15.7. The van der Waals surface area contributed by atoms with E-state index in [1.54, 1.807) is 42.7 Å². The van der Waals surface area contributed by atoms with Crippen LogP contribution in [0.3, 0.4) is 0 Å². The summed E-state index contributed by atoms with van der Waals surface area (Å²) in [6.45, 7) is 2.31. The van der Waals surface area contributed by atoms with Crippen molar-refractivity contribution in [1.82, 2.24) is 9.97 Å². The van der Waals surface area contributed by atoms with Crippen LogP contribution < -0.4 is 5.32 Å². The maximum atomic E-state index is 13.2. The van der Waals surface area contributed by atoms with Gasteiger partial charge in [0.2, 0.25) is 26.6 Å². The summed E-state index contributed by atoms with van der Waals surface area (Å²) < 4.78 is 32.3. The number of benzene rings is 2. The molecule has 0 radical (unpaired) electrons. The van der Waals surface area contributed by atoms with Crippen LogP contribution in [-0.4, -0.2) is 18.4 Å². The number of aryl methyl sites for hydroxylation is 1. The molecule has 2 aromatic carbocycles. The third kappa shape index (κ3) is 4.05. The lowest BCUT2D eigenvalue weighted by Crippen LogP contribution is -2.07. The Hall–Kier alpha value is -3.45. The van der Waals surface area contributed by atoms with E-state index in [0.29, 0.717) is 12.1 Å². The van der Waals surface area contributed by atoms with Crippen molar-refractivity contribution in [3.63, 3.8) is 0 Å². The standard InChI is InChI=1S/C22H19N3O3S/c1-16-7-5-9-18(13-16)20-25-22(29(26,27)19-10-3-2-4-11-19)21(28-20)24-15-17-8-6-12-23-14-17/h2-14,24H,15H2,1H3. The molecule has 7 heteroatoms. The summed E-state index contributed by atoms with van der Waals surface area (Å²) in [7, 11) is -3.85. The molecule has 0 atom stereocenters. The second-order valence-electron chi connectivity index (χ2n) is 6.55. The number of anilines is 1. The fraction of sp³-hybridized carbons (Fsp3) is 0.0909. The SMILES string of the molecule is Cc1cccc(-c2nc(S(=O)(=O)c3ccccc3)c(NCc3cccnc3)o2)c1. The summed E-state index contributed by atoms with van der Waals surface area (Å²) in [4.78, 5) is 8.58. The molecule has 0 aliphatic heterocycles. The van der Waals surface area contributed by atoms with Crippen molar-refractivity contribution in [2.75, 3.05) is 5.32 Å². The molecule has 0 saturated heterocycles. The van der Waals surface area contributed by atoms with E-state index in [9.17, 15) is 8.42 Å². The van der Waals surface area contributed by atoms with Crippen LogP contribution in [0.1, 0.15) is 11.1 Å². The lowest BCUT2D eigenvalue weighted by Gasteiger charge is -2.06. The van der Waals surface area contributed by atoms with Crippen LogP contribution in [0.25, 0.3) is 11.5 Å². The predicted molar refractivity (Wildman–Crippen MR) is 110 cm³/mol. The fourth-order valence-electron chi connectivity index (χ4n) is 2.90. The Labute approximate surface area is 169 Å². The minimum atomic E-state index is -3.85. The van der Waals surface area contributed by atoms with Gasteiger partial charge in [-0.1, -0.05) is 42.0 Å². The highest BCUT2D eigenvalue weighted by Crippen LogP contribution is 2.32. The van der Waals surface area contributed by atoms with Crippen molar-refractivity contribution < 1.29 is 12.8 Å².